The average molecular weight is 362 g/mol. The van der Waals surface area contributed by atoms with Crippen molar-refractivity contribution in [2.45, 2.75) is 19.4 Å². The van der Waals surface area contributed by atoms with Gasteiger partial charge in [0.1, 0.15) is 12.4 Å². The third-order valence-electron chi connectivity index (χ3n) is 4.67. The molecule has 2 aromatic carbocycles. The van der Waals surface area contributed by atoms with E-state index in [1.807, 2.05) is 48.5 Å². The van der Waals surface area contributed by atoms with Crippen LogP contribution >= 0.6 is 0 Å². The Kier molecular flexibility index (Phi) is 5.10. The number of hydrogen-bond donors (Lipinski definition) is 1. The van der Waals surface area contributed by atoms with Crippen LogP contribution in [0.25, 0.3) is 0 Å². The zero-order valence-electron chi connectivity index (χ0n) is 15.1. The van der Waals surface area contributed by atoms with Gasteiger partial charge in [-0.25, -0.2) is 0 Å². The van der Waals surface area contributed by atoms with Gasteiger partial charge in [0.05, 0.1) is 6.26 Å². The van der Waals surface area contributed by atoms with Gasteiger partial charge >= 0.3 is 0 Å². The first-order chi connectivity index (χ1) is 13.3. The number of nitrogens with zero attached hydrogens (tertiary/aromatic N) is 1. The standard InChI is InChI=1S/C22H22N2O3/c25-22(23-18-7-6-8-19(15-18)24-12-4-5-13-24)21-17(11-14-26-21)16-27-20-9-2-1-3-10-20/h1-3,6-11,14-15H,4-5,12-13,16H2,(H,23,25). The summed E-state index contributed by atoms with van der Waals surface area (Å²) in [5.74, 6) is 0.756. The summed E-state index contributed by atoms with van der Waals surface area (Å²) in [7, 11) is 0. The van der Waals surface area contributed by atoms with E-state index >= 15 is 0 Å². The summed E-state index contributed by atoms with van der Waals surface area (Å²) >= 11 is 0. The van der Waals surface area contributed by atoms with Crippen molar-refractivity contribution in [3.63, 3.8) is 0 Å². The van der Waals surface area contributed by atoms with Gasteiger partial charge in [0.2, 0.25) is 0 Å². The molecule has 1 amide bonds. The minimum atomic E-state index is -0.273. The molecule has 1 fully saturated rings. The lowest BCUT2D eigenvalue weighted by Crippen LogP contribution is -2.18. The maximum atomic E-state index is 12.7. The van der Waals surface area contributed by atoms with Gasteiger partial charge in [-0.05, 0) is 49.2 Å². The Bertz CT molecular complexity index is 899. The molecular weight excluding hydrogens is 340 g/mol. The third-order valence-corrected chi connectivity index (χ3v) is 4.67. The molecule has 27 heavy (non-hydrogen) atoms. The lowest BCUT2D eigenvalue weighted by atomic mass is 10.2. The minimum absolute atomic E-state index is 0.273. The van der Waals surface area contributed by atoms with Crippen LogP contribution in [-0.2, 0) is 6.61 Å². The number of nitrogens with one attached hydrogen (secondary N) is 1. The molecule has 4 rings (SSSR count). The van der Waals surface area contributed by atoms with Crippen molar-refractivity contribution in [2.75, 3.05) is 23.3 Å². The molecule has 1 N–H and O–H groups in total. The van der Waals surface area contributed by atoms with Gasteiger partial charge in [-0.1, -0.05) is 24.3 Å². The second kappa shape index (κ2) is 7.99. The average Bonchev–Trinajstić information content (AvgIpc) is 3.39. The highest BCUT2D eigenvalue weighted by Gasteiger charge is 2.17. The van der Waals surface area contributed by atoms with E-state index < -0.39 is 0 Å². The molecule has 0 atom stereocenters. The van der Waals surface area contributed by atoms with E-state index in [0.29, 0.717) is 5.56 Å². The fraction of sp³-hybridized carbons (Fsp3) is 0.227. The summed E-state index contributed by atoms with van der Waals surface area (Å²) in [6, 6.07) is 19.2. The Labute approximate surface area is 158 Å². The van der Waals surface area contributed by atoms with Gasteiger partial charge in [-0.15, -0.1) is 0 Å². The zero-order valence-corrected chi connectivity index (χ0v) is 15.1. The van der Waals surface area contributed by atoms with Gasteiger partial charge < -0.3 is 19.4 Å². The Morgan fingerprint density at radius 1 is 1.04 bits per heavy atom. The van der Waals surface area contributed by atoms with Crippen LogP contribution in [0, 0.1) is 0 Å². The van der Waals surface area contributed by atoms with E-state index in [0.717, 1.165) is 30.2 Å². The number of amides is 1. The van der Waals surface area contributed by atoms with Crippen LogP contribution in [0.1, 0.15) is 29.0 Å². The lowest BCUT2D eigenvalue weighted by Gasteiger charge is -2.18. The zero-order chi connectivity index (χ0) is 18.5. The Morgan fingerprint density at radius 2 is 1.85 bits per heavy atom. The maximum absolute atomic E-state index is 12.7. The topological polar surface area (TPSA) is 54.7 Å². The first kappa shape index (κ1) is 17.2. The molecule has 1 aromatic heterocycles. The minimum Gasteiger partial charge on any atom is -0.489 e. The summed E-state index contributed by atoms with van der Waals surface area (Å²) in [4.78, 5) is 15.0. The molecule has 0 spiro atoms. The SMILES string of the molecule is O=C(Nc1cccc(N2CCCC2)c1)c1occc1COc1ccccc1. The summed E-state index contributed by atoms with van der Waals surface area (Å²) in [6.07, 6.45) is 3.95. The van der Waals surface area contributed by atoms with Crippen LogP contribution in [0.15, 0.2) is 71.3 Å². The van der Waals surface area contributed by atoms with Crippen LogP contribution in [0.5, 0.6) is 5.75 Å². The van der Waals surface area contributed by atoms with Crippen molar-refractivity contribution in [1.82, 2.24) is 0 Å². The number of hydrogen-bond acceptors (Lipinski definition) is 4. The predicted molar refractivity (Wildman–Crippen MR) is 105 cm³/mol. The predicted octanol–water partition coefficient (Wildman–Crippen LogP) is 4.71. The number of rotatable bonds is 6. The van der Waals surface area contributed by atoms with Gasteiger partial charge in [-0.2, -0.15) is 0 Å². The highest BCUT2D eigenvalue weighted by atomic mass is 16.5. The number of carbonyl (C=O) groups is 1. The summed E-state index contributed by atoms with van der Waals surface area (Å²) in [5.41, 5.74) is 2.61. The van der Waals surface area contributed by atoms with Crippen molar-refractivity contribution < 1.29 is 13.9 Å². The monoisotopic (exact) mass is 362 g/mol. The normalized spacial score (nSPS) is 13.6. The molecule has 1 aliphatic rings. The number of ether oxygens (including phenoxy) is 1. The molecule has 0 aliphatic carbocycles. The summed E-state index contributed by atoms with van der Waals surface area (Å²) < 4.78 is 11.1. The Morgan fingerprint density at radius 3 is 2.67 bits per heavy atom. The largest absolute Gasteiger partial charge is 0.489 e. The molecule has 1 aliphatic heterocycles. The van der Waals surface area contributed by atoms with Crippen molar-refractivity contribution in [3.05, 3.63) is 78.3 Å². The van der Waals surface area contributed by atoms with Gasteiger partial charge in [0.25, 0.3) is 5.91 Å². The van der Waals surface area contributed by atoms with Crippen molar-refractivity contribution >= 4 is 17.3 Å². The number of benzene rings is 2. The molecule has 0 radical (unpaired) electrons. The number of furan rings is 1. The molecule has 3 aromatic rings. The molecule has 0 bridgehead atoms. The van der Waals surface area contributed by atoms with Crippen LogP contribution < -0.4 is 15.0 Å². The molecule has 2 heterocycles. The summed E-state index contributed by atoms with van der Waals surface area (Å²) in [6.45, 7) is 2.41. The molecule has 0 saturated carbocycles. The van der Waals surface area contributed by atoms with E-state index in [9.17, 15) is 4.79 Å². The van der Waals surface area contributed by atoms with E-state index in [-0.39, 0.29) is 18.3 Å². The van der Waals surface area contributed by atoms with Crippen LogP contribution in [0.4, 0.5) is 11.4 Å². The van der Waals surface area contributed by atoms with E-state index in [4.69, 9.17) is 9.15 Å². The maximum Gasteiger partial charge on any atom is 0.291 e. The van der Waals surface area contributed by atoms with Gasteiger partial charge in [-0.3, -0.25) is 4.79 Å². The van der Waals surface area contributed by atoms with Crippen molar-refractivity contribution in [2.24, 2.45) is 0 Å². The number of para-hydroxylation sites is 1. The van der Waals surface area contributed by atoms with Crippen molar-refractivity contribution in [3.8, 4) is 5.75 Å². The number of anilines is 2. The second-order valence-corrected chi connectivity index (χ2v) is 6.58. The number of carbonyl (C=O) groups excluding carboxylic acids is 1. The molecule has 0 unspecified atom stereocenters. The third kappa shape index (κ3) is 4.14. The second-order valence-electron chi connectivity index (χ2n) is 6.58. The van der Waals surface area contributed by atoms with E-state index in [1.165, 1.54) is 19.1 Å². The molecule has 1 saturated heterocycles. The smallest absolute Gasteiger partial charge is 0.291 e. The van der Waals surface area contributed by atoms with Crippen LogP contribution in [0.2, 0.25) is 0 Å². The van der Waals surface area contributed by atoms with Gasteiger partial charge in [0, 0.05) is 30.0 Å². The lowest BCUT2D eigenvalue weighted by molar-refractivity contribution is 0.0993. The first-order valence-electron chi connectivity index (χ1n) is 9.20. The van der Waals surface area contributed by atoms with E-state index in [1.54, 1.807) is 6.07 Å². The fourth-order valence-corrected chi connectivity index (χ4v) is 3.27. The highest BCUT2D eigenvalue weighted by molar-refractivity contribution is 6.03. The Hall–Kier alpha value is -3.21. The fourth-order valence-electron chi connectivity index (χ4n) is 3.27. The van der Waals surface area contributed by atoms with Crippen molar-refractivity contribution in [1.29, 1.82) is 0 Å². The highest BCUT2D eigenvalue weighted by Crippen LogP contribution is 2.24. The Balaban J connectivity index is 1.43. The quantitative estimate of drug-likeness (QED) is 0.690. The van der Waals surface area contributed by atoms with Crippen LogP contribution in [0.3, 0.4) is 0 Å². The molecule has 5 heteroatoms. The molecule has 5 nitrogen and oxygen atoms in total. The first-order valence-corrected chi connectivity index (χ1v) is 9.20. The van der Waals surface area contributed by atoms with Crippen LogP contribution in [-0.4, -0.2) is 19.0 Å². The molecular formula is C22H22N2O3. The van der Waals surface area contributed by atoms with Gasteiger partial charge in [0.15, 0.2) is 5.76 Å². The summed E-state index contributed by atoms with van der Waals surface area (Å²) in [5, 5.41) is 2.93. The van der Waals surface area contributed by atoms with E-state index in [2.05, 4.69) is 16.3 Å². The molecule has 138 valence electrons.